The fourth-order valence-corrected chi connectivity index (χ4v) is 4.02. The van der Waals surface area contributed by atoms with E-state index < -0.39 is 6.10 Å². The normalized spacial score (nSPS) is 15.1. The van der Waals surface area contributed by atoms with Gasteiger partial charge in [0, 0.05) is 29.9 Å². The molecule has 7 nitrogen and oxygen atoms in total. The summed E-state index contributed by atoms with van der Waals surface area (Å²) in [5.74, 6) is 1.83. The number of carbonyl (C=O) groups excluding carboxylic acids is 2. The number of anilines is 1. The topological polar surface area (TPSA) is 77.1 Å². The maximum atomic E-state index is 13.0. The summed E-state index contributed by atoms with van der Waals surface area (Å²) in [6.07, 6.45) is -0.398. The molecule has 0 fully saturated rings. The lowest BCUT2D eigenvalue weighted by atomic mass is 10.1. The van der Waals surface area contributed by atoms with Crippen LogP contribution in [0.15, 0.2) is 66.7 Å². The number of rotatable bonds is 7. The number of hydrogen-bond donors (Lipinski definition) is 1. The summed E-state index contributed by atoms with van der Waals surface area (Å²) < 4.78 is 16.6. The van der Waals surface area contributed by atoms with Crippen molar-refractivity contribution in [2.75, 3.05) is 19.5 Å². The average Bonchev–Trinajstić information content (AvgIpc) is 2.95. The number of hydrogen-bond acceptors (Lipinski definition) is 5. The second-order valence-corrected chi connectivity index (χ2v) is 8.17. The predicted molar refractivity (Wildman–Crippen MR) is 129 cm³/mol. The van der Waals surface area contributed by atoms with E-state index in [-0.39, 0.29) is 18.2 Å². The molecular weight excluding hydrogens is 432 g/mol. The molecule has 0 spiro atoms. The standard InChI is InChI=1S/C27H28N2O5/c1-18-27(31)29(16-20-8-4-5-10-24(20)33-3)17-21-15-22(11-12-25(21)34-18)28-26(30)14-19-7-6-9-23(13-19)32-2/h4-13,15,18H,14,16-17H2,1-3H3,(H,28,30). The molecule has 0 radical (unpaired) electrons. The Bertz CT molecular complexity index is 1190. The predicted octanol–water partition coefficient (Wildman–Crippen LogP) is 4.19. The van der Waals surface area contributed by atoms with Crippen molar-refractivity contribution in [2.45, 2.75) is 32.5 Å². The molecule has 0 aromatic heterocycles. The van der Waals surface area contributed by atoms with Crippen LogP contribution in [0.5, 0.6) is 17.2 Å². The van der Waals surface area contributed by atoms with Gasteiger partial charge in [-0.05, 0) is 48.9 Å². The second kappa shape index (κ2) is 10.3. The van der Waals surface area contributed by atoms with Gasteiger partial charge in [-0.15, -0.1) is 0 Å². The zero-order chi connectivity index (χ0) is 24.1. The molecule has 3 aromatic rings. The lowest BCUT2D eigenvalue weighted by molar-refractivity contribution is -0.138. The van der Waals surface area contributed by atoms with Gasteiger partial charge < -0.3 is 24.4 Å². The first-order chi connectivity index (χ1) is 16.5. The minimum Gasteiger partial charge on any atom is -0.497 e. The van der Waals surface area contributed by atoms with Gasteiger partial charge in [-0.25, -0.2) is 0 Å². The van der Waals surface area contributed by atoms with Crippen molar-refractivity contribution in [3.8, 4) is 17.2 Å². The monoisotopic (exact) mass is 460 g/mol. The van der Waals surface area contributed by atoms with E-state index >= 15 is 0 Å². The number of ether oxygens (including phenoxy) is 3. The van der Waals surface area contributed by atoms with Crippen molar-refractivity contribution in [3.05, 3.63) is 83.4 Å². The fourth-order valence-electron chi connectivity index (χ4n) is 4.02. The van der Waals surface area contributed by atoms with E-state index in [0.29, 0.717) is 30.3 Å². The van der Waals surface area contributed by atoms with Crippen LogP contribution in [0.2, 0.25) is 0 Å². The Kier molecular flexibility index (Phi) is 7.01. The highest BCUT2D eigenvalue weighted by molar-refractivity contribution is 5.92. The van der Waals surface area contributed by atoms with E-state index in [9.17, 15) is 9.59 Å². The van der Waals surface area contributed by atoms with Crippen LogP contribution in [0.3, 0.4) is 0 Å². The Hall–Kier alpha value is -4.00. The van der Waals surface area contributed by atoms with Crippen molar-refractivity contribution >= 4 is 17.5 Å². The largest absolute Gasteiger partial charge is 0.497 e. The van der Waals surface area contributed by atoms with Gasteiger partial charge in [0.2, 0.25) is 5.91 Å². The van der Waals surface area contributed by atoms with Crippen LogP contribution in [-0.4, -0.2) is 37.0 Å². The lowest BCUT2D eigenvalue weighted by Gasteiger charge is -2.23. The van der Waals surface area contributed by atoms with Gasteiger partial charge >= 0.3 is 0 Å². The minimum absolute atomic E-state index is 0.106. The number of methoxy groups -OCH3 is 2. The average molecular weight is 461 g/mol. The van der Waals surface area contributed by atoms with Gasteiger partial charge in [-0.3, -0.25) is 9.59 Å². The first kappa shape index (κ1) is 23.2. The van der Waals surface area contributed by atoms with E-state index in [1.54, 1.807) is 38.2 Å². The highest BCUT2D eigenvalue weighted by atomic mass is 16.5. The molecule has 4 rings (SSSR count). The van der Waals surface area contributed by atoms with Crippen molar-refractivity contribution < 1.29 is 23.8 Å². The third kappa shape index (κ3) is 5.31. The molecule has 1 atom stereocenters. The quantitative estimate of drug-likeness (QED) is 0.572. The maximum Gasteiger partial charge on any atom is 0.263 e. The molecule has 7 heteroatoms. The van der Waals surface area contributed by atoms with Crippen LogP contribution in [0.1, 0.15) is 23.6 Å². The summed E-state index contributed by atoms with van der Waals surface area (Å²) in [5.41, 5.74) is 3.25. The number of nitrogens with one attached hydrogen (secondary N) is 1. The maximum absolute atomic E-state index is 13.0. The SMILES string of the molecule is COc1cccc(CC(=O)Nc2ccc3c(c2)CN(Cc2ccccc2OC)C(=O)C(C)O3)c1. The van der Waals surface area contributed by atoms with Gasteiger partial charge in [-0.2, -0.15) is 0 Å². The zero-order valence-corrected chi connectivity index (χ0v) is 19.5. The Balaban J connectivity index is 1.51. The molecule has 2 amide bonds. The van der Waals surface area contributed by atoms with Gasteiger partial charge in [0.1, 0.15) is 17.2 Å². The molecule has 0 saturated heterocycles. The van der Waals surface area contributed by atoms with Crippen molar-refractivity contribution in [1.29, 1.82) is 0 Å². The van der Waals surface area contributed by atoms with Crippen LogP contribution >= 0.6 is 0 Å². The fraction of sp³-hybridized carbons (Fsp3) is 0.259. The third-order valence-corrected chi connectivity index (χ3v) is 5.72. The summed E-state index contributed by atoms with van der Waals surface area (Å²) >= 11 is 0. The van der Waals surface area contributed by atoms with Crippen molar-refractivity contribution in [1.82, 2.24) is 4.90 Å². The molecule has 176 valence electrons. The molecule has 1 heterocycles. The van der Waals surface area contributed by atoms with Gasteiger partial charge in [-0.1, -0.05) is 30.3 Å². The first-order valence-corrected chi connectivity index (χ1v) is 11.1. The lowest BCUT2D eigenvalue weighted by Crippen LogP contribution is -2.37. The number of fused-ring (bicyclic) bond motifs is 1. The molecule has 1 aliphatic heterocycles. The van der Waals surface area contributed by atoms with E-state index in [1.165, 1.54) is 0 Å². The molecule has 0 saturated carbocycles. The van der Waals surface area contributed by atoms with E-state index in [4.69, 9.17) is 14.2 Å². The van der Waals surface area contributed by atoms with Crippen LogP contribution < -0.4 is 19.5 Å². The van der Waals surface area contributed by atoms with E-state index in [1.807, 2.05) is 54.6 Å². The Morgan fingerprint density at radius 3 is 2.68 bits per heavy atom. The van der Waals surface area contributed by atoms with Gasteiger partial charge in [0.15, 0.2) is 6.10 Å². The Labute approximate surface area is 199 Å². The van der Waals surface area contributed by atoms with Gasteiger partial charge in [0.05, 0.1) is 20.6 Å². The number of amides is 2. The van der Waals surface area contributed by atoms with Crippen LogP contribution in [0, 0.1) is 0 Å². The molecule has 0 aliphatic carbocycles. The van der Waals surface area contributed by atoms with Crippen molar-refractivity contribution in [2.24, 2.45) is 0 Å². The molecular formula is C27H28N2O5. The molecule has 1 unspecified atom stereocenters. The molecule has 3 aromatic carbocycles. The number of para-hydroxylation sites is 1. The molecule has 34 heavy (non-hydrogen) atoms. The van der Waals surface area contributed by atoms with E-state index in [2.05, 4.69) is 5.32 Å². The smallest absolute Gasteiger partial charge is 0.263 e. The Morgan fingerprint density at radius 1 is 1.06 bits per heavy atom. The summed E-state index contributed by atoms with van der Waals surface area (Å²) in [6.45, 7) is 2.50. The van der Waals surface area contributed by atoms with Gasteiger partial charge in [0.25, 0.3) is 5.91 Å². The molecule has 1 aliphatic rings. The molecule has 0 bridgehead atoms. The summed E-state index contributed by atoms with van der Waals surface area (Å²) in [5, 5.41) is 2.94. The molecule has 1 N–H and O–H groups in total. The third-order valence-electron chi connectivity index (χ3n) is 5.72. The number of nitrogens with zero attached hydrogens (tertiary/aromatic N) is 1. The van der Waals surface area contributed by atoms with Crippen LogP contribution in [-0.2, 0) is 29.1 Å². The number of benzene rings is 3. The first-order valence-electron chi connectivity index (χ1n) is 11.1. The highest BCUT2D eigenvalue weighted by Gasteiger charge is 2.28. The number of carbonyl (C=O) groups is 2. The second-order valence-electron chi connectivity index (χ2n) is 8.17. The summed E-state index contributed by atoms with van der Waals surface area (Å²) in [6, 6.07) is 20.5. The van der Waals surface area contributed by atoms with E-state index in [0.717, 1.165) is 22.4 Å². The summed E-state index contributed by atoms with van der Waals surface area (Å²) in [4.78, 5) is 27.4. The zero-order valence-electron chi connectivity index (χ0n) is 19.5. The Morgan fingerprint density at radius 2 is 1.88 bits per heavy atom. The highest BCUT2D eigenvalue weighted by Crippen LogP contribution is 2.30. The van der Waals surface area contributed by atoms with Crippen LogP contribution in [0.25, 0.3) is 0 Å². The van der Waals surface area contributed by atoms with Crippen LogP contribution in [0.4, 0.5) is 5.69 Å². The minimum atomic E-state index is -0.621. The summed E-state index contributed by atoms with van der Waals surface area (Å²) in [7, 11) is 3.21. The van der Waals surface area contributed by atoms with Crippen molar-refractivity contribution in [3.63, 3.8) is 0 Å².